The van der Waals surface area contributed by atoms with Crippen molar-refractivity contribution in [1.29, 1.82) is 0 Å². The number of carbonyl (C=O) groups excluding carboxylic acids is 3. The van der Waals surface area contributed by atoms with Crippen LogP contribution >= 0.6 is 0 Å². The van der Waals surface area contributed by atoms with Gasteiger partial charge < -0.3 is 20.1 Å². The van der Waals surface area contributed by atoms with Crippen molar-refractivity contribution in [3.8, 4) is 0 Å². The summed E-state index contributed by atoms with van der Waals surface area (Å²) in [5.74, 6) is 0.554. The van der Waals surface area contributed by atoms with Crippen molar-refractivity contribution in [3.05, 3.63) is 41.5 Å². The molecule has 9 nitrogen and oxygen atoms in total. The molecule has 34 heavy (non-hydrogen) atoms. The largest absolute Gasteiger partial charge is 0.343 e. The molecule has 0 radical (unpaired) electrons. The van der Waals surface area contributed by atoms with Gasteiger partial charge in [0.05, 0.1) is 0 Å². The molecule has 0 atom stereocenters. The van der Waals surface area contributed by atoms with Gasteiger partial charge in [-0.3, -0.25) is 14.4 Å². The molecule has 182 valence electrons. The van der Waals surface area contributed by atoms with Gasteiger partial charge in [-0.2, -0.15) is 4.98 Å². The van der Waals surface area contributed by atoms with Crippen molar-refractivity contribution in [2.75, 3.05) is 18.4 Å². The van der Waals surface area contributed by atoms with E-state index in [-0.39, 0.29) is 24.1 Å². The maximum atomic E-state index is 12.6. The Balaban J connectivity index is 1.35. The summed E-state index contributed by atoms with van der Waals surface area (Å²) in [6.07, 6.45) is 8.31. The number of anilines is 1. The number of likely N-dealkylation sites (tertiary alicyclic amines) is 1. The molecule has 1 saturated heterocycles. The van der Waals surface area contributed by atoms with Crippen LogP contribution in [0, 0.1) is 0 Å². The van der Waals surface area contributed by atoms with E-state index in [1.54, 1.807) is 24.3 Å². The predicted octanol–water partition coefficient (Wildman–Crippen LogP) is 3.56. The first kappa shape index (κ1) is 23.9. The van der Waals surface area contributed by atoms with Gasteiger partial charge in [0.1, 0.15) is 5.54 Å². The Morgan fingerprint density at radius 1 is 1.06 bits per heavy atom. The summed E-state index contributed by atoms with van der Waals surface area (Å²) in [5.41, 5.74) is 0.562. The van der Waals surface area contributed by atoms with E-state index in [1.165, 1.54) is 6.92 Å². The van der Waals surface area contributed by atoms with Crippen LogP contribution in [0.1, 0.15) is 86.8 Å². The second kappa shape index (κ2) is 10.8. The molecule has 1 aromatic heterocycles. The third-order valence-electron chi connectivity index (χ3n) is 6.62. The van der Waals surface area contributed by atoms with Gasteiger partial charge in [-0.05, 0) is 43.9 Å². The van der Waals surface area contributed by atoms with Crippen molar-refractivity contribution < 1.29 is 18.9 Å². The van der Waals surface area contributed by atoms with E-state index < -0.39 is 5.54 Å². The summed E-state index contributed by atoms with van der Waals surface area (Å²) in [7, 11) is 0. The zero-order valence-electron chi connectivity index (χ0n) is 19.8. The van der Waals surface area contributed by atoms with E-state index in [0.29, 0.717) is 29.4 Å². The highest BCUT2D eigenvalue weighted by atomic mass is 16.5. The second-order valence-electron chi connectivity index (χ2n) is 9.32. The number of benzene rings is 1. The van der Waals surface area contributed by atoms with Gasteiger partial charge in [0.2, 0.25) is 17.7 Å². The lowest BCUT2D eigenvalue weighted by molar-refractivity contribution is -0.121. The van der Waals surface area contributed by atoms with E-state index in [4.69, 9.17) is 4.52 Å². The molecule has 9 heteroatoms. The van der Waals surface area contributed by atoms with Crippen molar-refractivity contribution in [2.45, 2.75) is 76.7 Å². The van der Waals surface area contributed by atoms with Crippen molar-refractivity contribution in [2.24, 2.45) is 0 Å². The first-order valence-electron chi connectivity index (χ1n) is 12.3. The Morgan fingerprint density at radius 2 is 1.79 bits per heavy atom. The standard InChI is InChI=1S/C25H33N5O4/c1-18(31)28-25(13-4-2-3-5-14-25)24-27-22(34-29-24)12-11-21(32)26-20-10-8-9-19(17-20)23(33)30-15-6-7-16-30/h8-10,17H,2-7,11-16H2,1H3,(H,26,32)(H,28,31). The molecule has 2 fully saturated rings. The first-order valence-corrected chi connectivity index (χ1v) is 12.3. The fraction of sp³-hybridized carbons (Fsp3) is 0.560. The van der Waals surface area contributed by atoms with Crippen LogP contribution in [-0.2, 0) is 21.5 Å². The number of nitrogens with one attached hydrogen (secondary N) is 2. The molecule has 2 aromatic rings. The number of carbonyl (C=O) groups is 3. The number of amides is 3. The van der Waals surface area contributed by atoms with E-state index in [2.05, 4.69) is 20.8 Å². The summed E-state index contributed by atoms with van der Waals surface area (Å²) < 4.78 is 5.43. The number of rotatable bonds is 7. The van der Waals surface area contributed by atoms with Crippen molar-refractivity contribution in [1.82, 2.24) is 20.4 Å². The quantitative estimate of drug-likeness (QED) is 0.601. The zero-order chi connectivity index (χ0) is 24.0. The molecule has 4 rings (SSSR count). The van der Waals surface area contributed by atoms with E-state index >= 15 is 0 Å². The molecule has 0 bridgehead atoms. The Labute approximate surface area is 199 Å². The van der Waals surface area contributed by atoms with Gasteiger partial charge in [0.15, 0.2) is 5.82 Å². The van der Waals surface area contributed by atoms with Crippen LogP contribution in [0.15, 0.2) is 28.8 Å². The molecule has 0 spiro atoms. The number of aromatic nitrogens is 2. The summed E-state index contributed by atoms with van der Waals surface area (Å²) in [5, 5.41) is 10.1. The van der Waals surface area contributed by atoms with Gasteiger partial charge in [0, 0.05) is 44.1 Å². The highest BCUT2D eigenvalue weighted by Crippen LogP contribution is 2.34. The SMILES string of the molecule is CC(=O)NC1(c2noc(CCC(=O)Nc3cccc(C(=O)N4CCCC4)c3)n2)CCCCCC1. The van der Waals surface area contributed by atoms with E-state index in [9.17, 15) is 14.4 Å². The first-order chi connectivity index (χ1) is 16.4. The molecule has 1 aliphatic heterocycles. The smallest absolute Gasteiger partial charge is 0.253 e. The summed E-state index contributed by atoms with van der Waals surface area (Å²) in [4.78, 5) is 43.4. The molecule has 1 aliphatic carbocycles. The van der Waals surface area contributed by atoms with Crippen LogP contribution in [0.3, 0.4) is 0 Å². The van der Waals surface area contributed by atoms with E-state index in [1.807, 2.05) is 4.90 Å². The van der Waals surface area contributed by atoms with Gasteiger partial charge in [0.25, 0.3) is 5.91 Å². The third kappa shape index (κ3) is 5.81. The second-order valence-corrected chi connectivity index (χ2v) is 9.32. The molecule has 0 unspecified atom stereocenters. The lowest BCUT2D eigenvalue weighted by Crippen LogP contribution is -2.45. The molecule has 2 aliphatic rings. The van der Waals surface area contributed by atoms with Gasteiger partial charge in [-0.1, -0.05) is 36.9 Å². The van der Waals surface area contributed by atoms with Gasteiger partial charge in [-0.25, -0.2) is 0 Å². The average Bonchev–Trinajstić information content (AvgIpc) is 3.47. The van der Waals surface area contributed by atoms with Crippen molar-refractivity contribution in [3.63, 3.8) is 0 Å². The lowest BCUT2D eigenvalue weighted by atomic mass is 9.89. The number of nitrogens with zero attached hydrogens (tertiary/aromatic N) is 3. The fourth-order valence-electron chi connectivity index (χ4n) is 4.90. The van der Waals surface area contributed by atoms with Crippen molar-refractivity contribution >= 4 is 23.4 Å². The Hall–Kier alpha value is -3.23. The van der Waals surface area contributed by atoms with Gasteiger partial charge >= 0.3 is 0 Å². The van der Waals surface area contributed by atoms with E-state index in [0.717, 1.165) is 64.5 Å². The van der Waals surface area contributed by atoms with Crippen LogP contribution < -0.4 is 10.6 Å². The monoisotopic (exact) mass is 467 g/mol. The molecule has 1 saturated carbocycles. The maximum absolute atomic E-state index is 12.6. The van der Waals surface area contributed by atoms with Gasteiger partial charge in [-0.15, -0.1) is 0 Å². The predicted molar refractivity (Wildman–Crippen MR) is 126 cm³/mol. The molecule has 2 N–H and O–H groups in total. The molecule has 2 heterocycles. The Bertz CT molecular complexity index is 1020. The summed E-state index contributed by atoms with van der Waals surface area (Å²) in [6.45, 7) is 3.07. The summed E-state index contributed by atoms with van der Waals surface area (Å²) >= 11 is 0. The minimum Gasteiger partial charge on any atom is -0.343 e. The normalized spacial score (nSPS) is 17.7. The molecular weight excluding hydrogens is 434 g/mol. The topological polar surface area (TPSA) is 117 Å². The van der Waals surface area contributed by atoms with Crippen LogP contribution in [0.4, 0.5) is 5.69 Å². The zero-order valence-corrected chi connectivity index (χ0v) is 19.8. The fourth-order valence-corrected chi connectivity index (χ4v) is 4.90. The number of hydrogen-bond acceptors (Lipinski definition) is 6. The Kier molecular flexibility index (Phi) is 7.59. The van der Waals surface area contributed by atoms with Crippen LogP contribution in [-0.4, -0.2) is 45.9 Å². The van der Waals surface area contributed by atoms with Crippen LogP contribution in [0.5, 0.6) is 0 Å². The maximum Gasteiger partial charge on any atom is 0.253 e. The number of aryl methyl sites for hydroxylation is 1. The summed E-state index contributed by atoms with van der Waals surface area (Å²) in [6, 6.07) is 7.03. The third-order valence-corrected chi connectivity index (χ3v) is 6.62. The highest BCUT2D eigenvalue weighted by molar-refractivity contribution is 5.97. The number of hydrogen-bond donors (Lipinski definition) is 2. The molecule has 3 amide bonds. The minimum atomic E-state index is -0.603. The molecular formula is C25H33N5O4. The van der Waals surface area contributed by atoms with Crippen LogP contribution in [0.25, 0.3) is 0 Å². The van der Waals surface area contributed by atoms with Crippen LogP contribution in [0.2, 0.25) is 0 Å². The lowest BCUT2D eigenvalue weighted by Gasteiger charge is -2.30. The minimum absolute atomic E-state index is 0.00130. The Morgan fingerprint density at radius 3 is 2.50 bits per heavy atom. The average molecular weight is 468 g/mol. The highest BCUT2D eigenvalue weighted by Gasteiger charge is 2.38. The molecule has 1 aromatic carbocycles.